The Morgan fingerprint density at radius 2 is 2.19 bits per heavy atom. The minimum Gasteiger partial charge on any atom is -0.481 e. The smallest absolute Gasteiger partial charge is 0.305 e. The van der Waals surface area contributed by atoms with Gasteiger partial charge in [0.2, 0.25) is 0 Å². The fourth-order valence-corrected chi connectivity index (χ4v) is 1.70. The summed E-state index contributed by atoms with van der Waals surface area (Å²) in [5.41, 5.74) is 7.38. The highest BCUT2D eigenvalue weighted by Gasteiger charge is 2.12. The number of hydrogen-bond donors (Lipinski definition) is 2. The summed E-state index contributed by atoms with van der Waals surface area (Å²) in [5, 5.41) is 9.28. The number of anilines is 1. The SMILES string of the molecule is CN(C)c1cc(C(N)CC(=O)O)ccc1Cl. The minimum absolute atomic E-state index is 0.0888. The van der Waals surface area contributed by atoms with E-state index in [1.807, 2.05) is 25.1 Å². The fraction of sp³-hybridized carbons (Fsp3) is 0.364. The van der Waals surface area contributed by atoms with E-state index in [4.69, 9.17) is 22.4 Å². The largest absolute Gasteiger partial charge is 0.481 e. The molecule has 0 aliphatic carbocycles. The average Bonchev–Trinajstić information content (AvgIpc) is 2.16. The lowest BCUT2D eigenvalue weighted by Gasteiger charge is -2.17. The number of aliphatic carboxylic acids is 1. The van der Waals surface area contributed by atoms with Gasteiger partial charge in [0.25, 0.3) is 0 Å². The van der Waals surface area contributed by atoms with E-state index in [1.165, 1.54) is 0 Å². The summed E-state index contributed by atoms with van der Waals surface area (Å²) >= 11 is 6.00. The molecule has 0 bridgehead atoms. The number of halogens is 1. The molecule has 0 saturated heterocycles. The molecule has 1 rings (SSSR count). The number of carboxylic acids is 1. The molecule has 1 atom stereocenters. The van der Waals surface area contributed by atoms with Gasteiger partial charge < -0.3 is 15.7 Å². The lowest BCUT2D eigenvalue weighted by Crippen LogP contribution is -2.16. The number of rotatable bonds is 4. The number of hydrogen-bond acceptors (Lipinski definition) is 3. The van der Waals surface area contributed by atoms with Crippen LogP contribution in [0.1, 0.15) is 18.0 Å². The van der Waals surface area contributed by atoms with Gasteiger partial charge in [-0.25, -0.2) is 0 Å². The van der Waals surface area contributed by atoms with E-state index in [1.54, 1.807) is 12.1 Å². The van der Waals surface area contributed by atoms with Crippen molar-refractivity contribution in [3.05, 3.63) is 28.8 Å². The summed E-state index contributed by atoms with van der Waals surface area (Å²) < 4.78 is 0. The van der Waals surface area contributed by atoms with Crippen molar-refractivity contribution in [1.29, 1.82) is 0 Å². The molecule has 0 heterocycles. The number of benzene rings is 1. The Kier molecular flexibility index (Phi) is 4.15. The summed E-state index contributed by atoms with van der Waals surface area (Å²) in [6.07, 6.45) is -0.0888. The van der Waals surface area contributed by atoms with Gasteiger partial charge in [-0.2, -0.15) is 0 Å². The second-order valence-electron chi connectivity index (χ2n) is 3.81. The zero-order valence-electron chi connectivity index (χ0n) is 9.27. The molecule has 3 N–H and O–H groups in total. The normalized spacial score (nSPS) is 12.2. The maximum Gasteiger partial charge on any atom is 0.305 e. The fourth-order valence-electron chi connectivity index (χ4n) is 1.41. The Hall–Kier alpha value is -1.26. The summed E-state index contributed by atoms with van der Waals surface area (Å²) in [4.78, 5) is 12.4. The predicted molar refractivity (Wildman–Crippen MR) is 65.0 cm³/mol. The summed E-state index contributed by atoms with van der Waals surface area (Å²) in [5.74, 6) is -0.908. The van der Waals surface area contributed by atoms with Gasteiger partial charge in [-0.3, -0.25) is 4.79 Å². The van der Waals surface area contributed by atoms with Crippen LogP contribution >= 0.6 is 11.6 Å². The van der Waals surface area contributed by atoms with Gasteiger partial charge in [0.1, 0.15) is 0 Å². The van der Waals surface area contributed by atoms with Crippen molar-refractivity contribution in [3.8, 4) is 0 Å². The van der Waals surface area contributed by atoms with Gasteiger partial charge in [0.05, 0.1) is 17.1 Å². The third kappa shape index (κ3) is 3.12. The van der Waals surface area contributed by atoms with Crippen molar-refractivity contribution >= 4 is 23.3 Å². The van der Waals surface area contributed by atoms with Crippen LogP contribution in [0.15, 0.2) is 18.2 Å². The molecule has 1 aromatic carbocycles. The van der Waals surface area contributed by atoms with Crippen molar-refractivity contribution < 1.29 is 9.90 Å². The Morgan fingerprint density at radius 1 is 1.56 bits per heavy atom. The second kappa shape index (κ2) is 5.18. The number of nitrogens with two attached hydrogens (primary N) is 1. The molecule has 0 aliphatic rings. The molecule has 16 heavy (non-hydrogen) atoms. The Morgan fingerprint density at radius 3 is 2.69 bits per heavy atom. The predicted octanol–water partition coefficient (Wildman–Crippen LogP) is 1.88. The molecule has 0 saturated carbocycles. The molecule has 0 aromatic heterocycles. The van der Waals surface area contributed by atoms with Crippen LogP contribution in [-0.4, -0.2) is 25.2 Å². The van der Waals surface area contributed by atoms with E-state index in [2.05, 4.69) is 0 Å². The van der Waals surface area contributed by atoms with Gasteiger partial charge >= 0.3 is 5.97 Å². The van der Waals surface area contributed by atoms with E-state index < -0.39 is 12.0 Å². The average molecular weight is 243 g/mol. The molecule has 0 aliphatic heterocycles. The second-order valence-corrected chi connectivity index (χ2v) is 4.22. The quantitative estimate of drug-likeness (QED) is 0.846. The van der Waals surface area contributed by atoms with Crippen LogP contribution in [0.2, 0.25) is 5.02 Å². The Bertz CT molecular complexity index is 394. The van der Waals surface area contributed by atoms with E-state index in [-0.39, 0.29) is 6.42 Å². The lowest BCUT2D eigenvalue weighted by atomic mass is 10.0. The van der Waals surface area contributed by atoms with Crippen LogP contribution in [0.4, 0.5) is 5.69 Å². The monoisotopic (exact) mass is 242 g/mol. The van der Waals surface area contributed by atoms with Crippen LogP contribution in [0, 0.1) is 0 Å². The van der Waals surface area contributed by atoms with E-state index in [0.717, 1.165) is 11.3 Å². The van der Waals surface area contributed by atoms with E-state index in [0.29, 0.717) is 5.02 Å². The maximum absolute atomic E-state index is 10.6. The first kappa shape index (κ1) is 12.8. The molecule has 1 aromatic rings. The first-order valence-electron chi connectivity index (χ1n) is 4.86. The highest BCUT2D eigenvalue weighted by molar-refractivity contribution is 6.33. The minimum atomic E-state index is -0.908. The highest BCUT2D eigenvalue weighted by atomic mass is 35.5. The van der Waals surface area contributed by atoms with Crippen molar-refractivity contribution in [2.24, 2.45) is 5.73 Å². The first-order valence-corrected chi connectivity index (χ1v) is 5.23. The zero-order chi connectivity index (χ0) is 12.3. The van der Waals surface area contributed by atoms with Crippen molar-refractivity contribution in [3.63, 3.8) is 0 Å². The van der Waals surface area contributed by atoms with Crippen molar-refractivity contribution in [1.82, 2.24) is 0 Å². The molecular weight excluding hydrogens is 228 g/mol. The topological polar surface area (TPSA) is 66.6 Å². The van der Waals surface area contributed by atoms with Crippen molar-refractivity contribution in [2.45, 2.75) is 12.5 Å². The van der Waals surface area contributed by atoms with Crippen LogP contribution < -0.4 is 10.6 Å². The highest BCUT2D eigenvalue weighted by Crippen LogP contribution is 2.28. The van der Waals surface area contributed by atoms with Crippen LogP contribution in [-0.2, 0) is 4.79 Å². The van der Waals surface area contributed by atoms with Crippen LogP contribution in [0.5, 0.6) is 0 Å². The van der Waals surface area contributed by atoms with Gasteiger partial charge in [-0.1, -0.05) is 17.7 Å². The van der Waals surface area contributed by atoms with Crippen LogP contribution in [0.25, 0.3) is 0 Å². The van der Waals surface area contributed by atoms with Crippen LogP contribution in [0.3, 0.4) is 0 Å². The summed E-state index contributed by atoms with van der Waals surface area (Å²) in [6.45, 7) is 0. The lowest BCUT2D eigenvalue weighted by molar-refractivity contribution is -0.137. The molecule has 0 amide bonds. The summed E-state index contributed by atoms with van der Waals surface area (Å²) in [6, 6.07) is 4.79. The maximum atomic E-state index is 10.6. The molecule has 1 unspecified atom stereocenters. The van der Waals surface area contributed by atoms with Gasteiger partial charge in [-0.05, 0) is 17.7 Å². The number of carboxylic acid groups (broad SMARTS) is 1. The number of nitrogens with zero attached hydrogens (tertiary/aromatic N) is 1. The number of carbonyl (C=O) groups is 1. The molecule has 0 radical (unpaired) electrons. The molecular formula is C11H15ClN2O2. The third-order valence-corrected chi connectivity index (χ3v) is 2.59. The third-order valence-electron chi connectivity index (χ3n) is 2.27. The van der Waals surface area contributed by atoms with Crippen molar-refractivity contribution in [2.75, 3.05) is 19.0 Å². The molecule has 0 fully saturated rings. The Balaban J connectivity index is 2.98. The van der Waals surface area contributed by atoms with E-state index >= 15 is 0 Å². The molecule has 5 heteroatoms. The summed E-state index contributed by atoms with van der Waals surface area (Å²) in [7, 11) is 3.74. The molecule has 88 valence electrons. The molecule has 0 spiro atoms. The van der Waals surface area contributed by atoms with Gasteiger partial charge in [0, 0.05) is 20.1 Å². The first-order chi connectivity index (χ1) is 7.41. The van der Waals surface area contributed by atoms with E-state index in [9.17, 15) is 4.79 Å². The molecule has 4 nitrogen and oxygen atoms in total. The van der Waals surface area contributed by atoms with Gasteiger partial charge in [0.15, 0.2) is 0 Å². The zero-order valence-corrected chi connectivity index (χ0v) is 10.0. The van der Waals surface area contributed by atoms with Gasteiger partial charge in [-0.15, -0.1) is 0 Å². The standard InChI is InChI=1S/C11H15ClN2O2/c1-14(2)10-5-7(3-4-8(10)12)9(13)6-11(15)16/h3-5,9H,6,13H2,1-2H3,(H,15,16). The Labute approximate surface area is 99.6 Å².